The fourth-order valence-electron chi connectivity index (χ4n) is 2.82. The molecule has 0 bridgehead atoms. The Morgan fingerprint density at radius 2 is 1.96 bits per heavy atom. The van der Waals surface area contributed by atoms with Crippen molar-refractivity contribution in [3.63, 3.8) is 0 Å². The number of nitrogens with one attached hydrogen (secondary N) is 2. The summed E-state index contributed by atoms with van der Waals surface area (Å²) < 4.78 is 5.41. The van der Waals surface area contributed by atoms with Crippen molar-refractivity contribution in [1.29, 1.82) is 0 Å². The highest BCUT2D eigenvalue weighted by Crippen LogP contribution is 2.20. The third kappa shape index (κ3) is 5.47. The number of amides is 2. The minimum atomic E-state index is -0.0885. The number of rotatable bonds is 7. The predicted octanol–water partition coefficient (Wildman–Crippen LogP) is 1.60. The van der Waals surface area contributed by atoms with E-state index in [1.807, 2.05) is 32.0 Å². The molecule has 0 radical (unpaired) electrons. The first kappa shape index (κ1) is 19.8. The number of guanidine groups is 1. The fraction of sp³-hybridized carbons (Fsp3) is 0.526. The molecule has 26 heavy (non-hydrogen) atoms. The van der Waals surface area contributed by atoms with Gasteiger partial charge in [-0.3, -0.25) is 14.5 Å². The van der Waals surface area contributed by atoms with Crippen molar-refractivity contribution >= 4 is 17.8 Å². The second-order valence-corrected chi connectivity index (χ2v) is 6.23. The lowest BCUT2D eigenvalue weighted by Gasteiger charge is -2.25. The molecule has 2 rings (SSSR count). The van der Waals surface area contributed by atoms with Crippen molar-refractivity contribution < 1.29 is 14.3 Å². The molecule has 1 fully saturated rings. The zero-order chi connectivity index (χ0) is 18.9. The zero-order valence-electron chi connectivity index (χ0n) is 15.8. The first-order valence-electron chi connectivity index (χ1n) is 9.04. The minimum absolute atomic E-state index is 0.0885. The molecule has 0 aliphatic carbocycles. The van der Waals surface area contributed by atoms with Gasteiger partial charge in [-0.25, -0.2) is 4.99 Å². The summed E-state index contributed by atoms with van der Waals surface area (Å²) >= 11 is 0. The van der Waals surface area contributed by atoms with Crippen molar-refractivity contribution in [3.8, 4) is 5.75 Å². The van der Waals surface area contributed by atoms with Crippen molar-refractivity contribution in [1.82, 2.24) is 15.5 Å². The largest absolute Gasteiger partial charge is 0.496 e. The Labute approximate surface area is 154 Å². The van der Waals surface area contributed by atoms with E-state index in [2.05, 4.69) is 15.6 Å². The summed E-state index contributed by atoms with van der Waals surface area (Å²) in [4.78, 5) is 29.6. The van der Waals surface area contributed by atoms with Gasteiger partial charge in [-0.15, -0.1) is 0 Å². The lowest BCUT2D eigenvalue weighted by Crippen LogP contribution is -2.46. The lowest BCUT2D eigenvalue weighted by atomic mass is 10.1. The second-order valence-electron chi connectivity index (χ2n) is 6.23. The molecule has 0 saturated carbocycles. The number of carbonyl (C=O) groups excluding carboxylic acids is 2. The van der Waals surface area contributed by atoms with Crippen LogP contribution in [0, 0.1) is 6.92 Å². The number of piperidine rings is 1. The van der Waals surface area contributed by atoms with Crippen LogP contribution in [0.15, 0.2) is 23.2 Å². The van der Waals surface area contributed by atoms with Crippen LogP contribution in [-0.4, -0.2) is 49.4 Å². The summed E-state index contributed by atoms with van der Waals surface area (Å²) in [5.41, 5.74) is 2.13. The highest BCUT2D eigenvalue weighted by molar-refractivity contribution is 5.97. The summed E-state index contributed by atoms with van der Waals surface area (Å²) in [5.74, 6) is 1.28. The summed E-state index contributed by atoms with van der Waals surface area (Å²) in [6, 6.07) is 6.02. The summed E-state index contributed by atoms with van der Waals surface area (Å²) in [7, 11) is 1.65. The number of benzene rings is 1. The average Bonchev–Trinajstić information content (AvgIpc) is 2.62. The number of likely N-dealkylation sites (tertiary alicyclic amines) is 1. The van der Waals surface area contributed by atoms with Gasteiger partial charge in [0.1, 0.15) is 5.75 Å². The third-order valence-electron chi connectivity index (χ3n) is 4.21. The number of carbonyl (C=O) groups is 2. The van der Waals surface area contributed by atoms with Crippen LogP contribution in [0.1, 0.15) is 37.3 Å². The number of nitrogens with zero attached hydrogens (tertiary/aromatic N) is 2. The number of hydrogen-bond acceptors (Lipinski definition) is 4. The molecule has 2 N–H and O–H groups in total. The van der Waals surface area contributed by atoms with E-state index in [9.17, 15) is 9.59 Å². The molecule has 142 valence electrons. The molecule has 1 heterocycles. The number of aryl methyl sites for hydroxylation is 1. The van der Waals surface area contributed by atoms with E-state index in [-0.39, 0.29) is 11.8 Å². The topological polar surface area (TPSA) is 83.0 Å². The lowest BCUT2D eigenvalue weighted by molar-refractivity contribution is -0.147. The molecule has 2 amide bonds. The normalized spacial score (nSPS) is 15.2. The molecular weight excluding hydrogens is 332 g/mol. The van der Waals surface area contributed by atoms with E-state index >= 15 is 0 Å². The van der Waals surface area contributed by atoms with E-state index < -0.39 is 0 Å². The van der Waals surface area contributed by atoms with E-state index in [1.165, 1.54) is 4.90 Å². The summed E-state index contributed by atoms with van der Waals surface area (Å²) in [5, 5.41) is 6.35. The highest BCUT2D eigenvalue weighted by atomic mass is 16.5. The number of hydrogen-bond donors (Lipinski definition) is 2. The quantitative estimate of drug-likeness (QED) is 0.438. The van der Waals surface area contributed by atoms with Crippen LogP contribution in [0.2, 0.25) is 0 Å². The van der Waals surface area contributed by atoms with Gasteiger partial charge in [0.25, 0.3) is 0 Å². The SMILES string of the molecule is CCNC(=NCc1ccc(C)cc1OC)NCCN1C(=O)CCCC1=O. The Kier molecular flexibility index (Phi) is 7.44. The maximum Gasteiger partial charge on any atom is 0.229 e. The third-order valence-corrected chi connectivity index (χ3v) is 4.21. The molecular formula is C19H28N4O3. The van der Waals surface area contributed by atoms with Gasteiger partial charge in [0.15, 0.2) is 5.96 Å². The van der Waals surface area contributed by atoms with Gasteiger partial charge in [-0.1, -0.05) is 12.1 Å². The number of imide groups is 1. The van der Waals surface area contributed by atoms with Gasteiger partial charge in [0.2, 0.25) is 11.8 Å². The van der Waals surface area contributed by atoms with E-state index in [4.69, 9.17) is 4.74 Å². The molecule has 7 heteroatoms. The van der Waals surface area contributed by atoms with E-state index in [0.29, 0.717) is 44.9 Å². The Hall–Kier alpha value is -2.57. The smallest absolute Gasteiger partial charge is 0.229 e. The van der Waals surface area contributed by atoms with Gasteiger partial charge < -0.3 is 15.4 Å². The first-order valence-corrected chi connectivity index (χ1v) is 9.04. The van der Waals surface area contributed by atoms with Crippen molar-refractivity contribution in [2.45, 2.75) is 39.7 Å². The Balaban J connectivity index is 1.94. The molecule has 0 atom stereocenters. The number of aliphatic imine (C=N–C) groups is 1. The van der Waals surface area contributed by atoms with Crippen molar-refractivity contribution in [3.05, 3.63) is 29.3 Å². The molecule has 0 spiro atoms. The minimum Gasteiger partial charge on any atom is -0.496 e. The summed E-state index contributed by atoms with van der Waals surface area (Å²) in [6.07, 6.45) is 1.56. The molecule has 0 aromatic heterocycles. The second kappa shape index (κ2) is 9.79. The number of methoxy groups -OCH3 is 1. The molecule has 1 aromatic rings. The molecule has 1 aliphatic rings. The van der Waals surface area contributed by atoms with Gasteiger partial charge in [0.05, 0.1) is 13.7 Å². The number of ether oxygens (including phenoxy) is 1. The maximum absolute atomic E-state index is 11.8. The van der Waals surface area contributed by atoms with E-state index in [1.54, 1.807) is 7.11 Å². The zero-order valence-corrected chi connectivity index (χ0v) is 15.8. The Morgan fingerprint density at radius 1 is 1.23 bits per heavy atom. The van der Waals surface area contributed by atoms with Crippen LogP contribution in [0.4, 0.5) is 0 Å². The summed E-state index contributed by atoms with van der Waals surface area (Å²) in [6.45, 7) is 6.02. The Bertz CT molecular complexity index is 657. The van der Waals surface area contributed by atoms with Crippen LogP contribution in [-0.2, 0) is 16.1 Å². The van der Waals surface area contributed by atoms with Gasteiger partial charge in [0, 0.05) is 38.0 Å². The fourth-order valence-corrected chi connectivity index (χ4v) is 2.82. The predicted molar refractivity (Wildman–Crippen MR) is 101 cm³/mol. The van der Waals surface area contributed by atoms with Crippen LogP contribution in [0.25, 0.3) is 0 Å². The van der Waals surface area contributed by atoms with Crippen molar-refractivity contribution in [2.24, 2.45) is 4.99 Å². The van der Waals surface area contributed by atoms with Crippen LogP contribution in [0.3, 0.4) is 0 Å². The molecule has 1 saturated heterocycles. The molecule has 1 aliphatic heterocycles. The molecule has 7 nitrogen and oxygen atoms in total. The monoisotopic (exact) mass is 360 g/mol. The van der Waals surface area contributed by atoms with Gasteiger partial charge >= 0.3 is 0 Å². The average molecular weight is 360 g/mol. The maximum atomic E-state index is 11.8. The molecule has 0 unspecified atom stereocenters. The van der Waals surface area contributed by atoms with Gasteiger partial charge in [-0.2, -0.15) is 0 Å². The van der Waals surface area contributed by atoms with Crippen molar-refractivity contribution in [2.75, 3.05) is 26.7 Å². The molecule has 1 aromatic carbocycles. The highest BCUT2D eigenvalue weighted by Gasteiger charge is 2.25. The van der Waals surface area contributed by atoms with Crippen LogP contribution < -0.4 is 15.4 Å². The first-order chi connectivity index (χ1) is 12.5. The Morgan fingerprint density at radius 3 is 2.62 bits per heavy atom. The standard InChI is InChI=1S/C19H28N4O3/c1-4-20-19(21-10-11-23-17(24)6-5-7-18(23)25)22-13-15-9-8-14(2)12-16(15)26-3/h8-9,12H,4-7,10-11,13H2,1-3H3,(H2,20,21,22). The van der Waals surface area contributed by atoms with Crippen LogP contribution >= 0.6 is 0 Å². The van der Waals surface area contributed by atoms with Crippen LogP contribution in [0.5, 0.6) is 5.75 Å². The van der Waals surface area contributed by atoms with E-state index in [0.717, 1.165) is 23.4 Å². The van der Waals surface area contributed by atoms with Gasteiger partial charge in [-0.05, 0) is 31.9 Å².